The van der Waals surface area contributed by atoms with Gasteiger partial charge in [-0.2, -0.15) is 0 Å². The summed E-state index contributed by atoms with van der Waals surface area (Å²) in [5, 5.41) is 0. The van der Waals surface area contributed by atoms with E-state index < -0.39 is 0 Å². The van der Waals surface area contributed by atoms with Gasteiger partial charge in [-0.05, 0) is 99.7 Å². The largest absolute Gasteiger partial charge is 0.103 e. The van der Waals surface area contributed by atoms with E-state index in [1.807, 2.05) is 0 Å². The molecule has 0 aromatic rings. The summed E-state index contributed by atoms with van der Waals surface area (Å²) in [6.07, 6.45) is 26.6. The third-order valence-corrected chi connectivity index (χ3v) is 7.47. The summed E-state index contributed by atoms with van der Waals surface area (Å²) in [5.74, 6) is 5.52. The third-order valence-electron chi connectivity index (χ3n) is 7.47. The fraction of sp³-hybridized carbons (Fsp3) is 0.750. The lowest BCUT2D eigenvalue weighted by atomic mass is 9.68. The second kappa shape index (κ2) is 9.07. The molecule has 0 radical (unpaired) electrons. The standard InChI is InChI=1S/C24H38/c1-3-5-6-20-9-13-22(14-10-20)24-17-15-23(16-18-24)21-11-7-19(4-2)8-12-21/h3-4,15,17,19-24H,1-2,5-14,16,18H2. The Kier molecular flexibility index (Phi) is 6.81. The maximum absolute atomic E-state index is 3.99. The van der Waals surface area contributed by atoms with Crippen LogP contribution in [-0.4, -0.2) is 0 Å². The molecule has 2 unspecified atom stereocenters. The predicted molar refractivity (Wildman–Crippen MR) is 106 cm³/mol. The summed E-state index contributed by atoms with van der Waals surface area (Å²) in [6, 6.07) is 0. The molecular weight excluding hydrogens is 288 g/mol. The van der Waals surface area contributed by atoms with Crippen molar-refractivity contribution in [1.82, 2.24) is 0 Å². The van der Waals surface area contributed by atoms with Crippen molar-refractivity contribution in [2.24, 2.45) is 35.5 Å². The first-order chi connectivity index (χ1) is 11.8. The van der Waals surface area contributed by atoms with Crippen LogP contribution in [0.5, 0.6) is 0 Å². The summed E-state index contributed by atoms with van der Waals surface area (Å²) in [5.41, 5.74) is 0. The first-order valence-electron chi connectivity index (χ1n) is 10.7. The minimum absolute atomic E-state index is 0.804. The summed E-state index contributed by atoms with van der Waals surface area (Å²) < 4.78 is 0. The molecule has 24 heavy (non-hydrogen) atoms. The highest BCUT2D eigenvalue weighted by Gasteiger charge is 2.31. The molecule has 0 heteroatoms. The van der Waals surface area contributed by atoms with E-state index in [9.17, 15) is 0 Å². The minimum Gasteiger partial charge on any atom is -0.103 e. The van der Waals surface area contributed by atoms with Gasteiger partial charge in [0.25, 0.3) is 0 Å². The number of hydrogen-bond acceptors (Lipinski definition) is 0. The topological polar surface area (TPSA) is 0 Å². The van der Waals surface area contributed by atoms with Gasteiger partial charge in [0.05, 0.1) is 0 Å². The smallest absolute Gasteiger partial charge is 0.0205 e. The fourth-order valence-corrected chi connectivity index (χ4v) is 5.72. The van der Waals surface area contributed by atoms with Gasteiger partial charge < -0.3 is 0 Å². The molecule has 0 aliphatic heterocycles. The van der Waals surface area contributed by atoms with Gasteiger partial charge in [0.15, 0.2) is 0 Å². The molecule has 3 aliphatic rings. The zero-order valence-electron chi connectivity index (χ0n) is 15.7. The molecule has 0 bridgehead atoms. The van der Waals surface area contributed by atoms with Crippen molar-refractivity contribution in [3.05, 3.63) is 37.5 Å². The SMILES string of the molecule is C=CCCC1CCC(C2C=CC(C3CCC(C=C)CC3)CC2)CC1. The Hall–Kier alpha value is -0.780. The van der Waals surface area contributed by atoms with Crippen molar-refractivity contribution in [3.8, 4) is 0 Å². The van der Waals surface area contributed by atoms with Crippen molar-refractivity contribution in [3.63, 3.8) is 0 Å². The van der Waals surface area contributed by atoms with Crippen LogP contribution in [0.25, 0.3) is 0 Å². The number of hydrogen-bond donors (Lipinski definition) is 0. The zero-order valence-corrected chi connectivity index (χ0v) is 15.7. The summed E-state index contributed by atoms with van der Waals surface area (Å²) in [6.45, 7) is 7.86. The molecule has 2 saturated carbocycles. The second-order valence-electron chi connectivity index (χ2n) is 8.85. The van der Waals surface area contributed by atoms with E-state index in [4.69, 9.17) is 0 Å². The van der Waals surface area contributed by atoms with Crippen molar-refractivity contribution in [1.29, 1.82) is 0 Å². The van der Waals surface area contributed by atoms with E-state index in [0.29, 0.717) is 0 Å². The Balaban J connectivity index is 1.43. The Morgan fingerprint density at radius 2 is 1.25 bits per heavy atom. The third kappa shape index (κ3) is 4.64. The van der Waals surface area contributed by atoms with Crippen LogP contribution < -0.4 is 0 Å². The highest BCUT2D eigenvalue weighted by Crippen LogP contribution is 2.43. The first kappa shape index (κ1) is 18.0. The molecule has 0 saturated heterocycles. The Labute approximate surface area is 150 Å². The monoisotopic (exact) mass is 326 g/mol. The predicted octanol–water partition coefficient (Wildman–Crippen LogP) is 7.33. The second-order valence-corrected chi connectivity index (χ2v) is 8.85. The Morgan fingerprint density at radius 1 is 0.708 bits per heavy atom. The van der Waals surface area contributed by atoms with Gasteiger partial charge in [0.2, 0.25) is 0 Å². The maximum atomic E-state index is 3.99. The van der Waals surface area contributed by atoms with Gasteiger partial charge in [0.1, 0.15) is 0 Å². The molecule has 3 aliphatic carbocycles. The highest BCUT2D eigenvalue weighted by atomic mass is 14.4. The van der Waals surface area contributed by atoms with Gasteiger partial charge in [-0.25, -0.2) is 0 Å². The fourth-order valence-electron chi connectivity index (χ4n) is 5.72. The molecule has 3 rings (SSSR count). The van der Waals surface area contributed by atoms with Gasteiger partial charge in [0, 0.05) is 0 Å². The maximum Gasteiger partial charge on any atom is -0.0205 e. The highest BCUT2D eigenvalue weighted by molar-refractivity contribution is 5.03. The average Bonchev–Trinajstić information content (AvgIpc) is 2.67. The van der Waals surface area contributed by atoms with Crippen LogP contribution in [0, 0.1) is 35.5 Å². The van der Waals surface area contributed by atoms with Crippen molar-refractivity contribution in [2.45, 2.75) is 77.0 Å². The van der Waals surface area contributed by atoms with Gasteiger partial charge in [-0.1, -0.05) is 37.1 Å². The van der Waals surface area contributed by atoms with E-state index >= 15 is 0 Å². The van der Waals surface area contributed by atoms with Crippen LogP contribution in [0.2, 0.25) is 0 Å². The average molecular weight is 327 g/mol. The Morgan fingerprint density at radius 3 is 1.71 bits per heavy atom. The molecule has 2 fully saturated rings. The molecule has 0 amide bonds. The minimum atomic E-state index is 0.804. The molecule has 134 valence electrons. The zero-order chi connectivity index (χ0) is 16.8. The van der Waals surface area contributed by atoms with Crippen LogP contribution >= 0.6 is 0 Å². The molecule has 0 N–H and O–H groups in total. The lowest BCUT2D eigenvalue weighted by Crippen LogP contribution is -2.26. The molecule has 0 spiro atoms. The first-order valence-corrected chi connectivity index (χ1v) is 10.7. The van der Waals surface area contributed by atoms with Crippen molar-refractivity contribution in [2.75, 3.05) is 0 Å². The van der Waals surface area contributed by atoms with E-state index in [2.05, 4.69) is 37.5 Å². The van der Waals surface area contributed by atoms with E-state index in [1.165, 1.54) is 77.0 Å². The molecule has 0 nitrogen and oxygen atoms in total. The van der Waals surface area contributed by atoms with E-state index in [-0.39, 0.29) is 0 Å². The normalized spacial score (nSPS) is 40.2. The van der Waals surface area contributed by atoms with Crippen LogP contribution in [-0.2, 0) is 0 Å². The van der Waals surface area contributed by atoms with Crippen molar-refractivity contribution < 1.29 is 0 Å². The lowest BCUT2D eigenvalue weighted by molar-refractivity contribution is 0.185. The molecule has 0 aromatic heterocycles. The Bertz CT molecular complexity index is 415. The molecule has 2 atom stereocenters. The molecule has 0 heterocycles. The summed E-state index contributed by atoms with van der Waals surface area (Å²) in [4.78, 5) is 0. The van der Waals surface area contributed by atoms with E-state index in [0.717, 1.165) is 35.5 Å². The summed E-state index contributed by atoms with van der Waals surface area (Å²) >= 11 is 0. The summed E-state index contributed by atoms with van der Waals surface area (Å²) in [7, 11) is 0. The van der Waals surface area contributed by atoms with Gasteiger partial charge in [-0.15, -0.1) is 13.2 Å². The molecule has 0 aromatic carbocycles. The van der Waals surface area contributed by atoms with Gasteiger partial charge in [-0.3, -0.25) is 0 Å². The molecular formula is C24H38. The lowest BCUT2D eigenvalue weighted by Gasteiger charge is -2.38. The van der Waals surface area contributed by atoms with E-state index in [1.54, 1.807) is 0 Å². The van der Waals surface area contributed by atoms with Gasteiger partial charge >= 0.3 is 0 Å². The van der Waals surface area contributed by atoms with Crippen LogP contribution in [0.3, 0.4) is 0 Å². The van der Waals surface area contributed by atoms with Crippen LogP contribution in [0.15, 0.2) is 37.5 Å². The number of allylic oxidation sites excluding steroid dienone is 4. The quantitative estimate of drug-likeness (QED) is 0.448. The van der Waals surface area contributed by atoms with Crippen LogP contribution in [0.4, 0.5) is 0 Å². The van der Waals surface area contributed by atoms with Crippen LogP contribution in [0.1, 0.15) is 77.0 Å². The number of rotatable bonds is 6. The van der Waals surface area contributed by atoms with Crippen molar-refractivity contribution >= 4 is 0 Å².